The van der Waals surface area contributed by atoms with Gasteiger partial charge in [0.1, 0.15) is 7.05 Å². The molecule has 0 saturated carbocycles. The van der Waals surface area contributed by atoms with E-state index < -0.39 is 0 Å². The Hall–Kier alpha value is -4.60. The lowest BCUT2D eigenvalue weighted by molar-refractivity contribution is -0.646. The number of hydrogen-bond donors (Lipinski definition) is 0. The number of carbonyl (C=O) groups excluding carboxylic acids is 2. The van der Waals surface area contributed by atoms with Crippen LogP contribution in [0.15, 0.2) is 109 Å². The van der Waals surface area contributed by atoms with Crippen molar-refractivity contribution in [1.82, 2.24) is 9.80 Å². The molecule has 3 heterocycles. The van der Waals surface area contributed by atoms with Crippen LogP contribution in [-0.4, -0.2) is 60.9 Å². The van der Waals surface area contributed by atoms with Crippen molar-refractivity contribution in [3.8, 4) is 0 Å². The molecule has 2 amide bonds. The first-order chi connectivity index (χ1) is 23.0. The van der Waals surface area contributed by atoms with E-state index in [1.165, 1.54) is 37.8 Å². The van der Waals surface area contributed by atoms with Gasteiger partial charge in [-0.2, -0.15) is 4.57 Å². The van der Waals surface area contributed by atoms with E-state index in [4.69, 9.17) is 0 Å². The number of anilines is 1. The Labute approximate surface area is 297 Å². The average molecular weight is 745 g/mol. The van der Waals surface area contributed by atoms with E-state index in [0.717, 1.165) is 55.6 Å². The molecule has 6 nitrogen and oxygen atoms in total. The van der Waals surface area contributed by atoms with Crippen LogP contribution in [0.4, 0.5) is 5.69 Å². The van der Waals surface area contributed by atoms with Crippen molar-refractivity contribution in [2.75, 3.05) is 44.2 Å². The summed E-state index contributed by atoms with van der Waals surface area (Å²) in [6, 6.07) is 37.6. The van der Waals surface area contributed by atoms with Crippen LogP contribution in [-0.2, 0) is 7.05 Å². The number of piperazine rings is 1. The van der Waals surface area contributed by atoms with E-state index in [-0.39, 0.29) is 35.8 Å². The molecule has 0 unspecified atom stereocenters. The van der Waals surface area contributed by atoms with Crippen LogP contribution < -0.4 is 33.4 Å². The lowest BCUT2D eigenvalue weighted by Crippen LogP contribution is -3.00. The highest BCUT2D eigenvalue weighted by Gasteiger charge is 2.32. The number of halogens is 1. The zero-order valence-electron chi connectivity index (χ0n) is 27.0. The number of pyridine rings is 1. The third kappa shape index (κ3) is 5.86. The molecule has 0 N–H and O–H groups in total. The molecular weight excluding hydrogens is 707 g/mol. The summed E-state index contributed by atoms with van der Waals surface area (Å²) >= 11 is 0. The second-order valence-corrected chi connectivity index (χ2v) is 12.6. The topological polar surface area (TPSA) is 47.7 Å². The molecule has 0 spiro atoms. The van der Waals surface area contributed by atoms with Gasteiger partial charge in [0, 0.05) is 73.1 Å². The van der Waals surface area contributed by atoms with Gasteiger partial charge in [0.05, 0.1) is 5.39 Å². The monoisotopic (exact) mass is 744 g/mol. The Bertz CT molecular complexity index is 2150. The van der Waals surface area contributed by atoms with Crippen molar-refractivity contribution in [2.24, 2.45) is 7.05 Å². The van der Waals surface area contributed by atoms with E-state index in [2.05, 4.69) is 106 Å². The number of aryl methyl sites for hydroxylation is 1. The van der Waals surface area contributed by atoms with Crippen LogP contribution in [0, 0.1) is 0 Å². The molecule has 7 heteroatoms. The lowest BCUT2D eigenvalue weighted by atomic mass is 9.94. The largest absolute Gasteiger partial charge is 1.00 e. The number of rotatable bonds is 7. The maximum absolute atomic E-state index is 13.2. The molecule has 48 heavy (non-hydrogen) atoms. The van der Waals surface area contributed by atoms with Gasteiger partial charge in [-0.05, 0) is 77.2 Å². The van der Waals surface area contributed by atoms with Crippen molar-refractivity contribution in [3.05, 3.63) is 132 Å². The van der Waals surface area contributed by atoms with E-state index in [1.807, 2.05) is 36.4 Å². The van der Waals surface area contributed by atoms with Crippen molar-refractivity contribution in [2.45, 2.75) is 6.42 Å². The molecule has 1 saturated heterocycles. The van der Waals surface area contributed by atoms with Crippen LogP contribution in [0.2, 0.25) is 0 Å². The van der Waals surface area contributed by atoms with Gasteiger partial charge < -0.3 is 28.9 Å². The highest BCUT2D eigenvalue weighted by atomic mass is 127. The molecule has 0 aliphatic carbocycles. The summed E-state index contributed by atoms with van der Waals surface area (Å²) < 4.78 is 2.26. The van der Waals surface area contributed by atoms with E-state index in [9.17, 15) is 9.59 Å². The van der Waals surface area contributed by atoms with Gasteiger partial charge in [-0.3, -0.25) is 19.4 Å². The lowest BCUT2D eigenvalue weighted by Gasteiger charge is -2.36. The Morgan fingerprint density at radius 2 is 1.33 bits per heavy atom. The summed E-state index contributed by atoms with van der Waals surface area (Å²) in [5.41, 5.74) is 6.05. The van der Waals surface area contributed by atoms with Crippen LogP contribution in [0.25, 0.3) is 44.6 Å². The number of carbonyl (C=O) groups is 2. The van der Waals surface area contributed by atoms with Crippen LogP contribution >= 0.6 is 0 Å². The Kier molecular flexibility index (Phi) is 8.98. The number of amides is 2. The summed E-state index contributed by atoms with van der Waals surface area (Å²) in [6.07, 6.45) is 5.13. The van der Waals surface area contributed by atoms with Gasteiger partial charge in [-0.25, -0.2) is 0 Å². The summed E-state index contributed by atoms with van der Waals surface area (Å²) in [5, 5.41) is 5.54. The number of imide groups is 1. The first-order valence-electron chi connectivity index (χ1n) is 16.5. The third-order valence-corrected chi connectivity index (χ3v) is 9.91. The molecular formula is C41H37IN4O2. The second kappa shape index (κ2) is 13.5. The second-order valence-electron chi connectivity index (χ2n) is 12.6. The van der Waals surface area contributed by atoms with Crippen molar-refractivity contribution >= 4 is 62.1 Å². The van der Waals surface area contributed by atoms with Crippen molar-refractivity contribution in [1.29, 1.82) is 0 Å². The van der Waals surface area contributed by atoms with Gasteiger partial charge in [0.2, 0.25) is 11.2 Å². The molecule has 1 fully saturated rings. The fourth-order valence-corrected chi connectivity index (χ4v) is 7.28. The number of fused-ring (bicyclic) bond motifs is 3. The standard InChI is InChI=1S/C41H37N4O2.HI/c1-42-32(20-21-35-34-10-3-2-7-30(34)16-22-38(35)42)17-13-29-14-18-33(19-15-29)44-27-25-43(26-28-44)23-6-24-45-40(46)36-11-4-8-31-9-5-12-37(39(31)36)41(45)47;/h2-5,7-22H,6,23-28H2,1H3;1H/q+1;/p-1. The van der Waals surface area contributed by atoms with Crippen molar-refractivity contribution < 1.29 is 38.1 Å². The molecule has 0 atom stereocenters. The third-order valence-electron chi connectivity index (χ3n) is 9.91. The smallest absolute Gasteiger partial charge is 0.261 e. The Balaban J connectivity index is 0.00000364. The quantitative estimate of drug-likeness (QED) is 0.108. The predicted octanol–water partition coefficient (Wildman–Crippen LogP) is 3.95. The molecule has 5 aromatic carbocycles. The summed E-state index contributed by atoms with van der Waals surface area (Å²) in [6.45, 7) is 5.12. The molecule has 240 valence electrons. The fraction of sp³-hybridized carbons (Fsp3) is 0.195. The summed E-state index contributed by atoms with van der Waals surface area (Å²) in [5.74, 6) is -0.357. The highest BCUT2D eigenvalue weighted by Crippen LogP contribution is 2.30. The van der Waals surface area contributed by atoms with Gasteiger partial charge in [-0.15, -0.1) is 0 Å². The minimum Gasteiger partial charge on any atom is -1.00 e. The molecule has 2 aliphatic heterocycles. The van der Waals surface area contributed by atoms with Crippen LogP contribution in [0.3, 0.4) is 0 Å². The molecule has 0 bridgehead atoms. The van der Waals surface area contributed by atoms with Crippen LogP contribution in [0.1, 0.15) is 38.4 Å². The molecule has 6 aromatic rings. The van der Waals surface area contributed by atoms with Crippen LogP contribution in [0.5, 0.6) is 0 Å². The van der Waals surface area contributed by atoms with Gasteiger partial charge in [0.25, 0.3) is 11.8 Å². The molecule has 8 rings (SSSR count). The molecule has 2 aliphatic rings. The molecule has 1 aromatic heterocycles. The zero-order chi connectivity index (χ0) is 31.9. The fourth-order valence-electron chi connectivity index (χ4n) is 7.28. The first-order valence-corrected chi connectivity index (χ1v) is 16.5. The zero-order valence-corrected chi connectivity index (χ0v) is 29.1. The minimum atomic E-state index is -0.178. The maximum atomic E-state index is 13.2. The first kappa shape index (κ1) is 32.0. The normalized spacial score (nSPS) is 15.2. The van der Waals surface area contributed by atoms with Crippen molar-refractivity contribution in [3.63, 3.8) is 0 Å². The van der Waals surface area contributed by atoms with Gasteiger partial charge in [-0.1, -0.05) is 60.7 Å². The predicted molar refractivity (Wildman–Crippen MR) is 191 cm³/mol. The van der Waals surface area contributed by atoms with E-state index in [1.54, 1.807) is 0 Å². The van der Waals surface area contributed by atoms with E-state index in [0.29, 0.717) is 17.7 Å². The summed E-state index contributed by atoms with van der Waals surface area (Å²) in [4.78, 5) is 32.7. The summed E-state index contributed by atoms with van der Waals surface area (Å²) in [7, 11) is 2.13. The van der Waals surface area contributed by atoms with E-state index >= 15 is 0 Å². The highest BCUT2D eigenvalue weighted by molar-refractivity contribution is 6.25. The van der Waals surface area contributed by atoms with Gasteiger partial charge in [0.15, 0.2) is 0 Å². The minimum absolute atomic E-state index is 0. The Morgan fingerprint density at radius 3 is 2.06 bits per heavy atom. The number of nitrogens with zero attached hydrogens (tertiary/aromatic N) is 4. The maximum Gasteiger partial charge on any atom is 0.261 e. The number of aromatic nitrogens is 1. The SMILES string of the molecule is C[n+]1c(/C=C/c2ccc(N3CCN(CCCN4C(=O)c5cccc6cccc(c56)C4=O)CC3)cc2)ccc2c3ccccc3ccc21.[I-]. The molecule has 0 radical (unpaired) electrons. The Morgan fingerprint density at radius 1 is 0.646 bits per heavy atom. The van der Waals surface area contributed by atoms with Gasteiger partial charge >= 0.3 is 0 Å². The average Bonchev–Trinajstić information content (AvgIpc) is 3.12. The number of hydrogen-bond acceptors (Lipinski definition) is 4. The number of benzene rings is 5.